The lowest BCUT2D eigenvalue weighted by molar-refractivity contribution is -0.387. The van der Waals surface area contributed by atoms with Gasteiger partial charge in [0.25, 0.3) is 5.69 Å². The Balaban J connectivity index is 2.39. The molecule has 0 amide bonds. The van der Waals surface area contributed by atoms with Crippen LogP contribution >= 0.6 is 0 Å². The lowest BCUT2D eigenvalue weighted by Crippen LogP contribution is -2.12. The molecule has 9 nitrogen and oxygen atoms in total. The molecule has 0 spiro atoms. The number of hydrogen-bond acceptors (Lipinski definition) is 8. The fourth-order valence-electron chi connectivity index (χ4n) is 2.06. The maximum Gasteiger partial charge on any atom is 0.348 e. The number of hydrogen-bond donors (Lipinski definition) is 0. The van der Waals surface area contributed by atoms with Gasteiger partial charge in [-0.15, -0.1) is 0 Å². The molecule has 2 aromatic carbocycles. The predicted octanol–water partition coefficient (Wildman–Crippen LogP) is 2.44. The fourth-order valence-corrected chi connectivity index (χ4v) is 3.15. The molecule has 2 rings (SSSR count). The van der Waals surface area contributed by atoms with E-state index in [-0.39, 0.29) is 11.3 Å². The van der Waals surface area contributed by atoms with Gasteiger partial charge in [-0.05, 0) is 29.8 Å². The van der Waals surface area contributed by atoms with E-state index in [1.165, 1.54) is 42.5 Å². The van der Waals surface area contributed by atoms with Gasteiger partial charge < -0.3 is 8.92 Å². The van der Waals surface area contributed by atoms with Crippen LogP contribution in [0.25, 0.3) is 6.08 Å². The minimum absolute atomic E-state index is 0.149. The van der Waals surface area contributed by atoms with Crippen molar-refractivity contribution >= 4 is 27.9 Å². The second-order valence-electron chi connectivity index (χ2n) is 5.00. The predicted molar refractivity (Wildman–Crippen MR) is 93.0 cm³/mol. The van der Waals surface area contributed by atoms with Crippen molar-refractivity contribution in [2.75, 3.05) is 7.11 Å². The first-order valence-electron chi connectivity index (χ1n) is 7.26. The lowest BCUT2D eigenvalue weighted by Gasteiger charge is -2.08. The van der Waals surface area contributed by atoms with Crippen LogP contribution in [0, 0.1) is 21.4 Å². The van der Waals surface area contributed by atoms with Crippen LogP contribution in [0.2, 0.25) is 0 Å². The summed E-state index contributed by atoms with van der Waals surface area (Å²) in [7, 11) is -3.36. The van der Waals surface area contributed by atoms with Crippen LogP contribution in [0.4, 0.5) is 5.69 Å². The molecule has 0 bridgehead atoms. The van der Waals surface area contributed by atoms with E-state index in [1.54, 1.807) is 6.07 Å². The molecule has 0 saturated heterocycles. The molecule has 0 aliphatic carbocycles. The molecule has 0 aromatic heterocycles. The van der Waals surface area contributed by atoms with Crippen LogP contribution < -0.4 is 4.18 Å². The van der Waals surface area contributed by atoms with E-state index in [2.05, 4.69) is 4.74 Å². The number of para-hydroxylation sites is 1. The number of benzene rings is 2. The number of carbonyl (C=O) groups is 1. The number of nitriles is 1. The van der Waals surface area contributed by atoms with Gasteiger partial charge in [-0.3, -0.25) is 10.1 Å². The first kappa shape index (κ1) is 19.6. The van der Waals surface area contributed by atoms with Gasteiger partial charge in [0.05, 0.1) is 12.0 Å². The van der Waals surface area contributed by atoms with Crippen molar-refractivity contribution in [2.45, 2.75) is 4.90 Å². The van der Waals surface area contributed by atoms with E-state index < -0.39 is 31.6 Å². The molecule has 0 unspecified atom stereocenters. The van der Waals surface area contributed by atoms with Crippen molar-refractivity contribution in [1.82, 2.24) is 0 Å². The monoisotopic (exact) mass is 388 g/mol. The normalized spacial score (nSPS) is 11.3. The number of nitrogens with zero attached hydrogens (tertiary/aromatic N) is 2. The largest absolute Gasteiger partial charge is 0.465 e. The number of methoxy groups -OCH3 is 1. The van der Waals surface area contributed by atoms with Crippen molar-refractivity contribution < 1.29 is 27.1 Å². The second kappa shape index (κ2) is 8.11. The van der Waals surface area contributed by atoms with Crippen LogP contribution in [-0.2, 0) is 19.6 Å². The molecule has 0 heterocycles. The molecule has 27 heavy (non-hydrogen) atoms. The van der Waals surface area contributed by atoms with E-state index in [0.717, 1.165) is 19.2 Å². The van der Waals surface area contributed by atoms with Crippen molar-refractivity contribution in [3.8, 4) is 11.8 Å². The van der Waals surface area contributed by atoms with E-state index >= 15 is 0 Å². The fraction of sp³-hybridized carbons (Fsp3) is 0.0588. The Morgan fingerprint density at radius 3 is 2.56 bits per heavy atom. The summed E-state index contributed by atoms with van der Waals surface area (Å²) in [6.07, 6.45) is 1.19. The minimum Gasteiger partial charge on any atom is -0.465 e. The van der Waals surface area contributed by atoms with Gasteiger partial charge in [0.2, 0.25) is 0 Å². The molecule has 138 valence electrons. The van der Waals surface area contributed by atoms with Gasteiger partial charge in [0, 0.05) is 6.07 Å². The molecule has 10 heteroatoms. The summed E-state index contributed by atoms with van der Waals surface area (Å²) in [6, 6.07) is 11.9. The Bertz CT molecular complexity index is 1070. The third kappa shape index (κ3) is 4.68. The standard InChI is InChI=1S/C17H12N2O7S/c1-25-17(20)13(11-18)9-12-5-4-6-14(10-12)26-27(23,24)16-8-3-2-7-15(16)19(21)22/h2-10H,1H3/b13-9+. The highest BCUT2D eigenvalue weighted by molar-refractivity contribution is 7.87. The maximum absolute atomic E-state index is 12.4. The minimum atomic E-state index is -4.48. The summed E-state index contributed by atoms with van der Waals surface area (Å²) in [5, 5.41) is 20.0. The van der Waals surface area contributed by atoms with E-state index in [0.29, 0.717) is 5.56 Å². The first-order chi connectivity index (χ1) is 12.8. The smallest absolute Gasteiger partial charge is 0.348 e. The highest BCUT2D eigenvalue weighted by atomic mass is 32.2. The van der Waals surface area contributed by atoms with Crippen LogP contribution in [-0.4, -0.2) is 26.4 Å². The van der Waals surface area contributed by atoms with Gasteiger partial charge in [-0.1, -0.05) is 24.3 Å². The van der Waals surface area contributed by atoms with Crippen LogP contribution in [0.5, 0.6) is 5.75 Å². The van der Waals surface area contributed by atoms with E-state index in [9.17, 15) is 23.3 Å². The molecule has 0 fully saturated rings. The summed E-state index contributed by atoms with van der Waals surface area (Å²) < 4.78 is 34.2. The third-order valence-corrected chi connectivity index (χ3v) is 4.53. The van der Waals surface area contributed by atoms with Crippen molar-refractivity contribution in [3.05, 3.63) is 69.8 Å². The Kier molecular flexibility index (Phi) is 5.89. The summed E-state index contributed by atoms with van der Waals surface area (Å²) in [5.74, 6) is -1.000. The zero-order valence-electron chi connectivity index (χ0n) is 13.9. The van der Waals surface area contributed by atoms with Crippen LogP contribution in [0.1, 0.15) is 5.56 Å². The zero-order chi connectivity index (χ0) is 20.0. The quantitative estimate of drug-likeness (QED) is 0.184. The molecule has 0 saturated carbocycles. The highest BCUT2D eigenvalue weighted by Gasteiger charge is 2.27. The average molecular weight is 388 g/mol. The van der Waals surface area contributed by atoms with Crippen LogP contribution in [0.15, 0.2) is 59.0 Å². The SMILES string of the molecule is COC(=O)/C(C#N)=C/c1cccc(OS(=O)(=O)c2ccccc2[N+](=O)[O-])c1. The Morgan fingerprint density at radius 1 is 1.22 bits per heavy atom. The first-order valence-corrected chi connectivity index (χ1v) is 8.67. The summed E-state index contributed by atoms with van der Waals surface area (Å²) in [5.41, 5.74) is -0.616. The number of esters is 1. The molecular weight excluding hydrogens is 376 g/mol. The summed E-state index contributed by atoms with van der Waals surface area (Å²) in [6.45, 7) is 0. The zero-order valence-corrected chi connectivity index (χ0v) is 14.7. The Labute approximate surface area is 154 Å². The number of nitro groups is 1. The number of ether oxygens (including phenoxy) is 1. The number of rotatable bonds is 6. The molecule has 0 aliphatic rings. The van der Waals surface area contributed by atoms with Gasteiger partial charge in [-0.2, -0.15) is 13.7 Å². The van der Waals surface area contributed by atoms with E-state index in [1.807, 2.05) is 0 Å². The Hall–Kier alpha value is -3.71. The van der Waals surface area contributed by atoms with Crippen molar-refractivity contribution in [2.24, 2.45) is 0 Å². The van der Waals surface area contributed by atoms with Gasteiger partial charge in [0.15, 0.2) is 4.90 Å². The molecule has 0 aliphatic heterocycles. The maximum atomic E-state index is 12.4. The molecule has 0 N–H and O–H groups in total. The van der Waals surface area contributed by atoms with Gasteiger partial charge in [0.1, 0.15) is 17.4 Å². The van der Waals surface area contributed by atoms with Gasteiger partial charge >= 0.3 is 16.1 Å². The molecule has 0 atom stereocenters. The van der Waals surface area contributed by atoms with E-state index in [4.69, 9.17) is 9.44 Å². The third-order valence-electron chi connectivity index (χ3n) is 3.23. The topological polar surface area (TPSA) is 137 Å². The second-order valence-corrected chi connectivity index (χ2v) is 6.51. The molecular formula is C17H12N2O7S. The van der Waals surface area contributed by atoms with Crippen molar-refractivity contribution in [3.63, 3.8) is 0 Å². The highest BCUT2D eigenvalue weighted by Crippen LogP contribution is 2.27. The van der Waals surface area contributed by atoms with Gasteiger partial charge in [-0.25, -0.2) is 4.79 Å². The number of carbonyl (C=O) groups excluding carboxylic acids is 1. The Morgan fingerprint density at radius 2 is 1.93 bits per heavy atom. The van der Waals surface area contributed by atoms with Crippen molar-refractivity contribution in [1.29, 1.82) is 5.26 Å². The van der Waals surface area contributed by atoms with Crippen LogP contribution in [0.3, 0.4) is 0 Å². The summed E-state index contributed by atoms with van der Waals surface area (Å²) >= 11 is 0. The molecule has 2 aromatic rings. The number of nitro benzene ring substituents is 1. The summed E-state index contributed by atoms with van der Waals surface area (Å²) in [4.78, 5) is 21.0. The lowest BCUT2D eigenvalue weighted by atomic mass is 10.1. The molecule has 0 radical (unpaired) electrons. The average Bonchev–Trinajstić information content (AvgIpc) is 2.65.